The molecule has 0 radical (unpaired) electrons. The Balaban J connectivity index is 2.25. The maximum atomic E-state index is 10.1. The molecule has 0 fully saturated rings. The first kappa shape index (κ1) is 11.0. The van der Waals surface area contributed by atoms with Gasteiger partial charge in [0.2, 0.25) is 0 Å². The molecule has 0 aliphatic carbocycles. The van der Waals surface area contributed by atoms with Crippen LogP contribution in [0.1, 0.15) is 0 Å². The van der Waals surface area contributed by atoms with Gasteiger partial charge in [0.15, 0.2) is 0 Å². The van der Waals surface area contributed by atoms with Gasteiger partial charge in [-0.25, -0.2) is 0 Å². The number of nitrogens with two attached hydrogens (primary N) is 1. The Bertz CT molecular complexity index is 302. The van der Waals surface area contributed by atoms with Gasteiger partial charge >= 0.3 is 11.4 Å². The largest absolute Gasteiger partial charge is 0.399 e. The first-order chi connectivity index (χ1) is 6.68. The van der Waals surface area contributed by atoms with Crippen LogP contribution in [0.15, 0.2) is 24.3 Å². The molecule has 0 aromatic heterocycles. The lowest BCUT2D eigenvalue weighted by molar-refractivity contribution is 0.319. The van der Waals surface area contributed by atoms with E-state index in [1.54, 1.807) is 12.1 Å². The van der Waals surface area contributed by atoms with E-state index in [1.165, 1.54) is 0 Å². The predicted octanol–water partition coefficient (Wildman–Crippen LogP) is 0.834. The molecule has 0 spiro atoms. The first-order valence-corrected chi connectivity index (χ1v) is 5.05. The van der Waals surface area contributed by atoms with Crippen molar-refractivity contribution >= 4 is 22.7 Å². The van der Waals surface area contributed by atoms with E-state index in [0.29, 0.717) is 12.2 Å². The van der Waals surface area contributed by atoms with Crippen molar-refractivity contribution < 1.29 is 12.9 Å². The van der Waals surface area contributed by atoms with Crippen molar-refractivity contribution in [3.05, 3.63) is 24.3 Å². The maximum Gasteiger partial charge on any atom is 0.301 e. The van der Waals surface area contributed by atoms with E-state index < -0.39 is 11.4 Å². The third kappa shape index (κ3) is 4.22. The molecule has 1 unspecified atom stereocenters. The maximum absolute atomic E-state index is 10.1. The van der Waals surface area contributed by atoms with Crippen LogP contribution in [-0.4, -0.2) is 21.9 Å². The molecule has 1 aromatic rings. The molecule has 0 amide bonds. The zero-order valence-corrected chi connectivity index (χ0v) is 8.29. The van der Waals surface area contributed by atoms with Crippen LogP contribution >= 0.6 is 0 Å². The summed E-state index contributed by atoms with van der Waals surface area (Å²) in [5.41, 5.74) is 7.09. The van der Waals surface area contributed by atoms with E-state index in [9.17, 15) is 4.21 Å². The molecule has 78 valence electrons. The van der Waals surface area contributed by atoms with Crippen LogP contribution in [0, 0.1) is 0 Å². The van der Waals surface area contributed by atoms with Crippen molar-refractivity contribution in [3.8, 4) is 0 Å². The van der Waals surface area contributed by atoms with E-state index in [0.717, 1.165) is 5.69 Å². The van der Waals surface area contributed by atoms with Crippen molar-refractivity contribution in [1.82, 2.24) is 0 Å². The second kappa shape index (κ2) is 5.58. The van der Waals surface area contributed by atoms with Gasteiger partial charge in [-0.1, -0.05) is 0 Å². The van der Waals surface area contributed by atoms with Crippen LogP contribution in [0.3, 0.4) is 0 Å². The van der Waals surface area contributed by atoms with E-state index in [2.05, 4.69) is 9.50 Å². The van der Waals surface area contributed by atoms with E-state index in [1.807, 2.05) is 12.1 Å². The molecule has 0 aliphatic heterocycles. The minimum Gasteiger partial charge on any atom is -0.399 e. The highest BCUT2D eigenvalue weighted by Crippen LogP contribution is 2.09. The molecular weight excluding hydrogens is 204 g/mol. The van der Waals surface area contributed by atoms with Crippen LogP contribution in [0.25, 0.3) is 0 Å². The minimum absolute atomic E-state index is 0.174. The summed E-state index contributed by atoms with van der Waals surface area (Å²) in [5.74, 6) is 0. The van der Waals surface area contributed by atoms with Gasteiger partial charge in [0, 0.05) is 17.9 Å². The Kier molecular flexibility index (Phi) is 4.37. The van der Waals surface area contributed by atoms with Crippen molar-refractivity contribution in [3.63, 3.8) is 0 Å². The lowest BCUT2D eigenvalue weighted by atomic mass is 10.3. The number of hydrogen-bond acceptors (Lipinski definition) is 4. The predicted molar refractivity (Wildman–Crippen MR) is 56.1 cm³/mol. The fourth-order valence-corrected chi connectivity index (χ4v) is 1.14. The Morgan fingerprint density at radius 3 is 2.64 bits per heavy atom. The zero-order valence-electron chi connectivity index (χ0n) is 7.47. The SMILES string of the molecule is Nc1ccc(NCCOS(=O)O)cc1. The normalized spacial score (nSPS) is 12.4. The second-order valence-electron chi connectivity index (χ2n) is 2.59. The van der Waals surface area contributed by atoms with Gasteiger partial charge in [-0.15, -0.1) is 0 Å². The number of benzene rings is 1. The standard InChI is InChI=1S/C8H12N2O3S/c9-7-1-3-8(4-2-7)10-5-6-13-14(11)12/h1-4,10H,5-6,9H2,(H,11,12). The van der Waals surface area contributed by atoms with Crippen LogP contribution in [0.2, 0.25) is 0 Å². The molecule has 0 heterocycles. The fraction of sp³-hybridized carbons (Fsp3) is 0.250. The average Bonchev–Trinajstić information content (AvgIpc) is 2.15. The summed E-state index contributed by atoms with van der Waals surface area (Å²) in [6, 6.07) is 7.19. The molecule has 6 heteroatoms. The number of nitrogens with one attached hydrogen (secondary N) is 1. The third-order valence-electron chi connectivity index (χ3n) is 1.53. The summed E-state index contributed by atoms with van der Waals surface area (Å²) in [6.45, 7) is 0.643. The van der Waals surface area contributed by atoms with Gasteiger partial charge in [0.25, 0.3) is 0 Å². The summed E-state index contributed by atoms with van der Waals surface area (Å²) >= 11 is -2.19. The molecule has 1 rings (SSSR count). The summed E-state index contributed by atoms with van der Waals surface area (Å²) in [5, 5.41) is 3.00. The number of hydrogen-bond donors (Lipinski definition) is 3. The smallest absolute Gasteiger partial charge is 0.301 e. The van der Waals surface area contributed by atoms with Gasteiger partial charge in [0.1, 0.15) is 0 Å². The molecule has 4 N–H and O–H groups in total. The van der Waals surface area contributed by atoms with Crippen LogP contribution < -0.4 is 11.1 Å². The lowest BCUT2D eigenvalue weighted by Gasteiger charge is -2.05. The van der Waals surface area contributed by atoms with Crippen LogP contribution in [0.5, 0.6) is 0 Å². The molecular formula is C8H12N2O3S. The zero-order chi connectivity index (χ0) is 10.4. The van der Waals surface area contributed by atoms with Crippen molar-refractivity contribution in [2.24, 2.45) is 0 Å². The molecule has 1 atom stereocenters. The highest BCUT2D eigenvalue weighted by atomic mass is 32.2. The molecule has 14 heavy (non-hydrogen) atoms. The van der Waals surface area contributed by atoms with E-state index >= 15 is 0 Å². The number of anilines is 2. The van der Waals surface area contributed by atoms with Crippen molar-refractivity contribution in [1.29, 1.82) is 0 Å². The Hall–Kier alpha value is -1.11. The Morgan fingerprint density at radius 1 is 1.43 bits per heavy atom. The Morgan fingerprint density at radius 2 is 2.07 bits per heavy atom. The third-order valence-corrected chi connectivity index (χ3v) is 1.89. The lowest BCUT2D eigenvalue weighted by Crippen LogP contribution is -2.10. The van der Waals surface area contributed by atoms with Crippen molar-refractivity contribution in [2.45, 2.75) is 0 Å². The second-order valence-corrected chi connectivity index (χ2v) is 3.26. The molecule has 0 bridgehead atoms. The Labute approximate surface area is 84.8 Å². The van der Waals surface area contributed by atoms with E-state index in [-0.39, 0.29) is 6.61 Å². The van der Waals surface area contributed by atoms with Gasteiger partial charge in [0.05, 0.1) is 6.61 Å². The summed E-state index contributed by atoms with van der Waals surface area (Å²) in [6.07, 6.45) is 0. The van der Waals surface area contributed by atoms with Gasteiger partial charge in [-0.3, -0.25) is 8.74 Å². The van der Waals surface area contributed by atoms with E-state index in [4.69, 9.17) is 10.3 Å². The average molecular weight is 216 g/mol. The summed E-state index contributed by atoms with van der Waals surface area (Å²) in [7, 11) is 0. The quantitative estimate of drug-likeness (QED) is 0.386. The van der Waals surface area contributed by atoms with Crippen LogP contribution in [-0.2, 0) is 15.5 Å². The number of rotatable bonds is 5. The highest BCUT2D eigenvalue weighted by Gasteiger charge is 1.94. The van der Waals surface area contributed by atoms with Crippen molar-refractivity contribution in [2.75, 3.05) is 24.2 Å². The van der Waals surface area contributed by atoms with Gasteiger partial charge in [-0.05, 0) is 24.3 Å². The van der Waals surface area contributed by atoms with Gasteiger partial charge in [-0.2, -0.15) is 4.21 Å². The van der Waals surface area contributed by atoms with Crippen LogP contribution in [0.4, 0.5) is 11.4 Å². The molecule has 0 saturated heterocycles. The molecule has 0 saturated carbocycles. The monoisotopic (exact) mass is 216 g/mol. The first-order valence-electron chi connectivity index (χ1n) is 4.02. The summed E-state index contributed by atoms with van der Waals surface area (Å²) < 4.78 is 22.8. The molecule has 1 aromatic carbocycles. The highest BCUT2D eigenvalue weighted by molar-refractivity contribution is 7.74. The van der Waals surface area contributed by atoms with Gasteiger partial charge < -0.3 is 11.1 Å². The minimum atomic E-state index is -2.19. The summed E-state index contributed by atoms with van der Waals surface area (Å²) in [4.78, 5) is 0. The number of nitrogen functional groups attached to an aromatic ring is 1. The fourth-order valence-electron chi connectivity index (χ4n) is 0.909. The molecule has 5 nitrogen and oxygen atoms in total. The topological polar surface area (TPSA) is 84.6 Å². The molecule has 0 aliphatic rings.